The van der Waals surface area contributed by atoms with Crippen LogP contribution >= 0.6 is 11.7 Å². The van der Waals surface area contributed by atoms with Crippen molar-refractivity contribution in [2.45, 2.75) is 0 Å². The van der Waals surface area contributed by atoms with E-state index in [0.29, 0.717) is 0 Å². The Morgan fingerprint density at radius 1 is 0.867 bits per heavy atom. The van der Waals surface area contributed by atoms with Crippen LogP contribution < -0.4 is 0 Å². The van der Waals surface area contributed by atoms with Gasteiger partial charge in [0.1, 0.15) is 0 Å². The first kappa shape index (κ1) is 29.7. The molecule has 15 heavy (non-hydrogen) atoms. The number of carboxylic acid groups (broad SMARTS) is 4. The molecule has 0 amide bonds. The van der Waals surface area contributed by atoms with Gasteiger partial charge in [-0.3, -0.25) is 4.55 Å². The summed E-state index contributed by atoms with van der Waals surface area (Å²) in [6, 6.07) is 0. The molecule has 0 atom stereocenters. The number of carbonyl (C=O) groups is 2. The zero-order valence-electron chi connectivity index (χ0n) is 5.72. The van der Waals surface area contributed by atoms with Crippen LogP contribution in [0.2, 0.25) is 0 Å². The summed E-state index contributed by atoms with van der Waals surface area (Å²) in [5, 5.41) is 27.9. The van der Waals surface area contributed by atoms with Crippen LogP contribution in [0.3, 0.4) is 0 Å². The summed E-state index contributed by atoms with van der Waals surface area (Å²) < 4.78 is 25.5. The molecule has 0 aliphatic carbocycles. The van der Waals surface area contributed by atoms with E-state index in [-0.39, 0.29) is 59.1 Å². The summed E-state index contributed by atoms with van der Waals surface area (Å²) in [6.07, 6.45) is -3.67. The Bertz CT molecular complexity index is 219. The van der Waals surface area contributed by atoms with Crippen molar-refractivity contribution in [3.63, 3.8) is 0 Å². The van der Waals surface area contributed by atoms with E-state index in [1.165, 1.54) is 0 Å². The number of rotatable bonds is 0. The monoisotopic (exact) mass is 286 g/mol. The van der Waals surface area contributed by atoms with Gasteiger partial charge in [0.2, 0.25) is 0 Å². The van der Waals surface area contributed by atoms with Gasteiger partial charge in [-0.1, -0.05) is 0 Å². The summed E-state index contributed by atoms with van der Waals surface area (Å²) >= 11 is 2.65. The Morgan fingerprint density at radius 3 is 0.867 bits per heavy atom. The molecule has 13 heteroatoms. The van der Waals surface area contributed by atoms with E-state index in [1.807, 2.05) is 0 Å². The number of thiol groups is 1. The van der Waals surface area contributed by atoms with Gasteiger partial charge in [-0.15, -0.1) is 0 Å². The van der Waals surface area contributed by atoms with Crippen LogP contribution in [0.5, 0.6) is 0 Å². The molecular formula is C2H8Na2O9S2. The van der Waals surface area contributed by atoms with Crippen molar-refractivity contribution in [1.82, 2.24) is 0 Å². The van der Waals surface area contributed by atoms with Crippen molar-refractivity contribution in [3.05, 3.63) is 0 Å². The molecule has 9 nitrogen and oxygen atoms in total. The van der Waals surface area contributed by atoms with Crippen molar-refractivity contribution < 1.29 is 43.0 Å². The second kappa shape index (κ2) is 17.2. The topological polar surface area (TPSA) is 169 Å². The summed E-state index contributed by atoms with van der Waals surface area (Å²) in [4.78, 5) is 17.1. The minimum atomic E-state index is -3.97. The van der Waals surface area contributed by atoms with Crippen molar-refractivity contribution in [1.29, 1.82) is 0 Å². The average molecular weight is 286 g/mol. The van der Waals surface area contributed by atoms with Gasteiger partial charge < -0.3 is 20.4 Å². The van der Waals surface area contributed by atoms with Crippen LogP contribution in [0.25, 0.3) is 0 Å². The Morgan fingerprint density at radius 2 is 0.867 bits per heavy atom. The number of hydrogen-bond donors (Lipinski definition) is 6. The van der Waals surface area contributed by atoms with E-state index in [2.05, 4.69) is 11.7 Å². The van der Waals surface area contributed by atoms with Crippen molar-refractivity contribution >= 4 is 92.2 Å². The zero-order valence-corrected chi connectivity index (χ0v) is 7.44. The predicted octanol–water partition coefficient (Wildman–Crippen LogP) is -1.13. The first-order valence-corrected chi connectivity index (χ1v) is 4.49. The molecule has 0 aromatic rings. The first-order valence-electron chi connectivity index (χ1n) is 2.00. The zero-order chi connectivity index (χ0) is 11.7. The van der Waals surface area contributed by atoms with E-state index in [4.69, 9.17) is 43.0 Å². The van der Waals surface area contributed by atoms with Gasteiger partial charge in [-0.2, -0.15) is 8.42 Å². The molecule has 0 aromatic carbocycles. The molecule has 0 aliphatic rings. The van der Waals surface area contributed by atoms with Crippen LogP contribution in [0.15, 0.2) is 0 Å². The Balaban J connectivity index is -0.0000000315. The normalized spacial score (nSPS) is 7.07. The van der Waals surface area contributed by atoms with Gasteiger partial charge in [0.05, 0.1) is 0 Å². The van der Waals surface area contributed by atoms with Crippen LogP contribution in [-0.4, -0.2) is 105 Å². The standard InChI is InChI=1S/2CH2O3.2Na.H2O3S2.2H/c2*2-1(3)4;;;1-5(2,3)4;;/h2*(H2,2,3,4);;;(H2,1,2,3,4);;. The van der Waals surface area contributed by atoms with Gasteiger partial charge in [0.15, 0.2) is 0 Å². The fourth-order valence-corrected chi connectivity index (χ4v) is 0. The summed E-state index contributed by atoms with van der Waals surface area (Å²) in [5.74, 6) is 0. The molecule has 0 heterocycles. The second-order valence-corrected chi connectivity index (χ2v) is 3.29. The molecule has 0 saturated carbocycles. The second-order valence-electron chi connectivity index (χ2n) is 1.01. The summed E-state index contributed by atoms with van der Waals surface area (Å²) in [7, 11) is -3.97. The van der Waals surface area contributed by atoms with E-state index in [9.17, 15) is 0 Å². The molecule has 0 unspecified atom stereocenters. The third-order valence-corrected chi connectivity index (χ3v) is 0. The Kier molecular flexibility index (Phi) is 34.0. The average Bonchev–Trinajstić information content (AvgIpc) is 1.50. The van der Waals surface area contributed by atoms with E-state index in [1.54, 1.807) is 0 Å². The SMILES string of the molecule is O=C(O)O.O=C(O)O.O=S(=O)(O)S.[NaH].[NaH]. The molecule has 0 saturated heterocycles. The van der Waals surface area contributed by atoms with E-state index >= 15 is 0 Å². The first-order chi connectivity index (χ1) is 5.46. The van der Waals surface area contributed by atoms with Crippen LogP contribution in [-0.2, 0) is 9.15 Å². The van der Waals surface area contributed by atoms with E-state index in [0.717, 1.165) is 0 Å². The van der Waals surface area contributed by atoms with Crippen LogP contribution in [0.4, 0.5) is 9.59 Å². The molecule has 0 bridgehead atoms. The molecule has 84 valence electrons. The maximum atomic E-state index is 9.05. The van der Waals surface area contributed by atoms with Gasteiger partial charge in [0, 0.05) is 0 Å². The molecule has 0 rings (SSSR count). The van der Waals surface area contributed by atoms with Crippen molar-refractivity contribution in [3.8, 4) is 0 Å². The Labute approximate surface area is 134 Å². The quantitative estimate of drug-likeness (QED) is 0.139. The minimum absolute atomic E-state index is 0. The summed E-state index contributed by atoms with van der Waals surface area (Å²) in [5.41, 5.74) is 0. The van der Waals surface area contributed by atoms with Crippen molar-refractivity contribution in [2.24, 2.45) is 0 Å². The van der Waals surface area contributed by atoms with Crippen LogP contribution in [0.1, 0.15) is 0 Å². The Hall–Kier alpha value is 0.800. The molecule has 0 aromatic heterocycles. The molecule has 0 fully saturated rings. The maximum absolute atomic E-state index is 9.05. The third kappa shape index (κ3) is 3790. The van der Waals surface area contributed by atoms with Gasteiger partial charge >= 0.3 is 80.6 Å². The molecule has 0 aliphatic heterocycles. The van der Waals surface area contributed by atoms with Gasteiger partial charge in [-0.25, -0.2) is 9.59 Å². The molecular weight excluding hydrogens is 278 g/mol. The molecule has 0 spiro atoms. The predicted molar refractivity (Wildman–Crippen MR) is 56.1 cm³/mol. The van der Waals surface area contributed by atoms with Gasteiger partial charge in [0.25, 0.3) is 0 Å². The fraction of sp³-hybridized carbons (Fsp3) is 0. The van der Waals surface area contributed by atoms with Crippen LogP contribution in [0, 0.1) is 0 Å². The molecule has 5 N–H and O–H groups in total. The van der Waals surface area contributed by atoms with Gasteiger partial charge in [-0.05, 0) is 11.7 Å². The third-order valence-electron chi connectivity index (χ3n) is 0. The summed E-state index contributed by atoms with van der Waals surface area (Å²) in [6.45, 7) is 0. The number of hydrogen-bond acceptors (Lipinski definition) is 4. The van der Waals surface area contributed by atoms with E-state index < -0.39 is 21.5 Å². The van der Waals surface area contributed by atoms with Crippen molar-refractivity contribution in [2.75, 3.05) is 0 Å². The fourth-order valence-electron chi connectivity index (χ4n) is 0. The molecule has 0 radical (unpaired) electrons.